The molecule has 1 aromatic heterocycles. The maximum Gasteiger partial charge on any atom is 0.396 e. The lowest BCUT2D eigenvalue weighted by Gasteiger charge is -2.18. The summed E-state index contributed by atoms with van der Waals surface area (Å²) >= 11 is 0. The van der Waals surface area contributed by atoms with Crippen molar-refractivity contribution in [1.82, 2.24) is 9.78 Å². The highest BCUT2D eigenvalue weighted by atomic mass is 19.4. The Morgan fingerprint density at radius 3 is 2.59 bits per heavy atom. The van der Waals surface area contributed by atoms with Crippen molar-refractivity contribution < 1.29 is 23.1 Å². The van der Waals surface area contributed by atoms with E-state index in [0.717, 1.165) is 0 Å². The van der Waals surface area contributed by atoms with Crippen LogP contribution < -0.4 is 0 Å². The second-order valence-corrected chi connectivity index (χ2v) is 3.75. The van der Waals surface area contributed by atoms with E-state index >= 15 is 0 Å². The van der Waals surface area contributed by atoms with Gasteiger partial charge in [-0.2, -0.15) is 18.3 Å². The molecule has 1 aromatic rings. The van der Waals surface area contributed by atoms with Gasteiger partial charge >= 0.3 is 12.1 Å². The van der Waals surface area contributed by atoms with Gasteiger partial charge in [-0.25, -0.2) is 0 Å². The zero-order valence-corrected chi connectivity index (χ0v) is 9.45. The molecule has 1 unspecified atom stereocenters. The van der Waals surface area contributed by atoms with Gasteiger partial charge in [-0.05, 0) is 6.42 Å². The minimum Gasteiger partial charge on any atom is -0.481 e. The molecule has 17 heavy (non-hydrogen) atoms. The normalized spacial score (nSPS) is 13.7. The van der Waals surface area contributed by atoms with Crippen LogP contribution in [0.15, 0.2) is 6.20 Å². The third-order valence-corrected chi connectivity index (χ3v) is 2.42. The van der Waals surface area contributed by atoms with Crippen LogP contribution in [0.2, 0.25) is 0 Å². The maximum atomic E-state index is 12.8. The molecule has 96 valence electrons. The van der Waals surface area contributed by atoms with Gasteiger partial charge in [0.2, 0.25) is 0 Å². The fraction of sp³-hybridized carbons (Fsp3) is 0.600. The molecule has 1 heterocycles. The van der Waals surface area contributed by atoms with Crippen LogP contribution in [0.5, 0.6) is 0 Å². The number of carbonyl (C=O) groups is 1. The van der Waals surface area contributed by atoms with Crippen LogP contribution in [0.3, 0.4) is 0 Å². The molecular formula is C10H13F3N2O2. The average molecular weight is 250 g/mol. The van der Waals surface area contributed by atoms with Crippen LogP contribution in [-0.4, -0.2) is 27.0 Å². The third-order valence-electron chi connectivity index (χ3n) is 2.42. The monoisotopic (exact) mass is 250 g/mol. The first-order valence-electron chi connectivity index (χ1n) is 5.06. The summed E-state index contributed by atoms with van der Waals surface area (Å²) in [5, 5.41) is 12.4. The molecule has 0 aromatic carbocycles. The number of rotatable bonds is 4. The van der Waals surface area contributed by atoms with Crippen LogP contribution in [0.25, 0.3) is 0 Å². The molecule has 0 amide bonds. The summed E-state index contributed by atoms with van der Waals surface area (Å²) in [6.45, 7) is 1.68. The van der Waals surface area contributed by atoms with Gasteiger partial charge in [-0.3, -0.25) is 9.48 Å². The molecule has 0 aliphatic carbocycles. The molecule has 0 saturated heterocycles. The number of carboxylic acids is 1. The van der Waals surface area contributed by atoms with Crippen molar-refractivity contribution in [2.75, 3.05) is 0 Å². The summed E-state index contributed by atoms with van der Waals surface area (Å²) in [5.41, 5.74) is 0.237. The summed E-state index contributed by atoms with van der Waals surface area (Å²) in [6.07, 6.45) is -3.98. The molecule has 0 aliphatic rings. The number of hydrogen-bond donors (Lipinski definition) is 1. The Kier molecular flexibility index (Phi) is 3.79. The van der Waals surface area contributed by atoms with Gasteiger partial charge in [-0.15, -0.1) is 0 Å². The lowest BCUT2D eigenvalue weighted by atomic mass is 9.95. The topological polar surface area (TPSA) is 55.1 Å². The van der Waals surface area contributed by atoms with E-state index in [1.165, 1.54) is 17.9 Å². The average Bonchev–Trinajstić information content (AvgIpc) is 2.53. The first-order chi connectivity index (χ1) is 7.75. The highest BCUT2D eigenvalue weighted by molar-refractivity contribution is 5.68. The lowest BCUT2D eigenvalue weighted by Crippen LogP contribution is -2.24. The second-order valence-electron chi connectivity index (χ2n) is 3.75. The predicted molar refractivity (Wildman–Crippen MR) is 53.6 cm³/mol. The van der Waals surface area contributed by atoms with Crippen LogP contribution in [0.1, 0.15) is 30.5 Å². The lowest BCUT2D eigenvalue weighted by molar-refractivity contribution is -0.163. The number of aromatic nitrogens is 2. The molecule has 0 aliphatic heterocycles. The smallest absolute Gasteiger partial charge is 0.396 e. The quantitative estimate of drug-likeness (QED) is 0.890. The Morgan fingerprint density at radius 1 is 1.59 bits per heavy atom. The summed E-state index contributed by atoms with van der Waals surface area (Å²) < 4.78 is 39.6. The number of hydrogen-bond acceptors (Lipinski definition) is 2. The molecule has 0 radical (unpaired) electrons. The van der Waals surface area contributed by atoms with Crippen molar-refractivity contribution in [3.63, 3.8) is 0 Å². The summed E-state index contributed by atoms with van der Waals surface area (Å²) in [6, 6.07) is 0. The van der Waals surface area contributed by atoms with Crippen LogP contribution >= 0.6 is 0 Å². The fourth-order valence-electron chi connectivity index (χ4n) is 1.70. The number of aliphatic carboxylic acids is 1. The third kappa shape index (κ3) is 3.21. The van der Waals surface area contributed by atoms with Crippen molar-refractivity contribution in [3.8, 4) is 0 Å². The van der Waals surface area contributed by atoms with E-state index in [0.29, 0.717) is 6.42 Å². The van der Waals surface area contributed by atoms with Crippen LogP contribution in [0.4, 0.5) is 13.2 Å². The van der Waals surface area contributed by atoms with Gasteiger partial charge in [-0.1, -0.05) is 6.92 Å². The molecule has 7 heteroatoms. The maximum absolute atomic E-state index is 12.8. The zero-order chi connectivity index (χ0) is 13.2. The molecule has 0 spiro atoms. The minimum atomic E-state index is -4.58. The molecular weight excluding hydrogens is 237 g/mol. The number of aryl methyl sites for hydroxylation is 2. The van der Waals surface area contributed by atoms with Crippen molar-refractivity contribution in [3.05, 3.63) is 17.5 Å². The Labute approximate surface area is 96.0 Å². The van der Waals surface area contributed by atoms with E-state index < -0.39 is 24.5 Å². The molecule has 1 atom stereocenters. The van der Waals surface area contributed by atoms with Gasteiger partial charge in [0.25, 0.3) is 0 Å². The standard InChI is InChI=1S/C10H13F3N2O2/c1-3-8-6(5-15(2)14-8)7(4-9(16)17)10(11,12)13/h5,7H,3-4H2,1-2H3,(H,16,17). The summed E-state index contributed by atoms with van der Waals surface area (Å²) in [4.78, 5) is 10.5. The van der Waals surface area contributed by atoms with Gasteiger partial charge in [0.05, 0.1) is 18.0 Å². The van der Waals surface area contributed by atoms with E-state index in [4.69, 9.17) is 5.11 Å². The molecule has 0 bridgehead atoms. The molecule has 0 fully saturated rings. The number of alkyl halides is 3. The predicted octanol–water partition coefficient (Wildman–Crippen LogP) is 2.10. The number of halogens is 3. The Hall–Kier alpha value is -1.53. The molecule has 1 N–H and O–H groups in total. The van der Waals surface area contributed by atoms with Crippen molar-refractivity contribution >= 4 is 5.97 Å². The van der Waals surface area contributed by atoms with Gasteiger partial charge in [0.1, 0.15) is 0 Å². The fourth-order valence-corrected chi connectivity index (χ4v) is 1.70. The van der Waals surface area contributed by atoms with Crippen molar-refractivity contribution in [2.45, 2.75) is 31.9 Å². The van der Waals surface area contributed by atoms with Crippen molar-refractivity contribution in [2.24, 2.45) is 7.05 Å². The van der Waals surface area contributed by atoms with E-state index in [1.807, 2.05) is 0 Å². The van der Waals surface area contributed by atoms with Crippen molar-refractivity contribution in [1.29, 1.82) is 0 Å². The van der Waals surface area contributed by atoms with E-state index in [9.17, 15) is 18.0 Å². The number of nitrogens with zero attached hydrogens (tertiary/aromatic N) is 2. The van der Waals surface area contributed by atoms with Gasteiger partial charge < -0.3 is 5.11 Å². The molecule has 1 rings (SSSR count). The summed E-state index contributed by atoms with van der Waals surface area (Å²) in [5.74, 6) is -3.47. The molecule has 4 nitrogen and oxygen atoms in total. The van der Waals surface area contributed by atoms with E-state index in [1.54, 1.807) is 6.92 Å². The largest absolute Gasteiger partial charge is 0.481 e. The van der Waals surface area contributed by atoms with Gasteiger partial charge in [0, 0.05) is 18.8 Å². The summed E-state index contributed by atoms with van der Waals surface area (Å²) in [7, 11) is 1.51. The van der Waals surface area contributed by atoms with E-state index in [2.05, 4.69) is 5.10 Å². The highest BCUT2D eigenvalue weighted by Gasteiger charge is 2.43. The minimum absolute atomic E-state index is 0.0510. The first-order valence-corrected chi connectivity index (χ1v) is 5.06. The Morgan fingerprint density at radius 2 is 2.18 bits per heavy atom. The molecule has 0 saturated carbocycles. The highest BCUT2D eigenvalue weighted by Crippen LogP contribution is 2.38. The van der Waals surface area contributed by atoms with E-state index in [-0.39, 0.29) is 11.3 Å². The Bertz CT molecular complexity index is 412. The first kappa shape index (κ1) is 13.5. The SMILES string of the molecule is CCc1nn(C)cc1C(CC(=O)O)C(F)(F)F. The van der Waals surface area contributed by atoms with Crippen LogP contribution in [-0.2, 0) is 18.3 Å². The zero-order valence-electron chi connectivity index (χ0n) is 9.45. The van der Waals surface area contributed by atoms with Gasteiger partial charge in [0.15, 0.2) is 0 Å². The number of carboxylic acid groups (broad SMARTS) is 1. The van der Waals surface area contributed by atoms with Crippen LogP contribution in [0, 0.1) is 0 Å². The Balaban J connectivity index is 3.16. The second kappa shape index (κ2) is 4.77.